The number of amides is 1. The number of carbonyl (C=O) groups is 2. The molecule has 25 heavy (non-hydrogen) atoms. The van der Waals surface area contributed by atoms with Gasteiger partial charge in [-0.15, -0.1) is 10.2 Å². The van der Waals surface area contributed by atoms with Crippen molar-refractivity contribution in [2.45, 2.75) is 0 Å². The zero-order chi connectivity index (χ0) is 18.0. The third kappa shape index (κ3) is 3.50. The van der Waals surface area contributed by atoms with Crippen molar-refractivity contribution in [2.75, 3.05) is 5.32 Å². The van der Waals surface area contributed by atoms with Crippen LogP contribution in [0.3, 0.4) is 0 Å². The number of nitrogens with zero attached hydrogens (tertiary/aromatic N) is 5. The van der Waals surface area contributed by atoms with Gasteiger partial charge in [0.15, 0.2) is 23.0 Å². The molecule has 9 nitrogen and oxygen atoms in total. The van der Waals surface area contributed by atoms with Gasteiger partial charge in [0.05, 0.1) is 5.69 Å². The molecule has 2 N–H and O–H groups in total. The molecule has 0 saturated carbocycles. The summed E-state index contributed by atoms with van der Waals surface area (Å²) in [5, 5.41) is 19.0. The Balaban J connectivity index is 1.85. The minimum atomic E-state index is -1.42. The zero-order valence-corrected chi connectivity index (χ0v) is 13.8. The largest absolute Gasteiger partial charge is 0.476 e. The standard InChI is InChI=1S/C14H8BrFN6O3/c15-12-7(16)5-9(11(19-12)14(24)25)18-13(23)8-1-2-10(21-20-8)22-4-3-17-6-22/h1-6H,(H,18,23)(H,24,25). The predicted molar refractivity (Wildman–Crippen MR) is 86.0 cm³/mol. The molecule has 0 unspecified atom stereocenters. The molecule has 3 rings (SSSR count). The first-order valence-corrected chi connectivity index (χ1v) is 7.48. The van der Waals surface area contributed by atoms with Crippen molar-refractivity contribution in [3.05, 3.63) is 58.7 Å². The van der Waals surface area contributed by atoms with E-state index in [9.17, 15) is 14.0 Å². The first-order valence-electron chi connectivity index (χ1n) is 6.68. The van der Waals surface area contributed by atoms with Gasteiger partial charge < -0.3 is 10.4 Å². The lowest BCUT2D eigenvalue weighted by molar-refractivity contribution is 0.0691. The number of carbonyl (C=O) groups excluding carboxylic acids is 1. The lowest BCUT2D eigenvalue weighted by atomic mass is 10.2. The highest BCUT2D eigenvalue weighted by atomic mass is 79.9. The highest BCUT2D eigenvalue weighted by Crippen LogP contribution is 2.21. The first-order chi connectivity index (χ1) is 12.0. The predicted octanol–water partition coefficient (Wildman–Crippen LogP) is 1.91. The summed E-state index contributed by atoms with van der Waals surface area (Å²) >= 11 is 2.79. The quantitative estimate of drug-likeness (QED) is 0.634. The molecule has 3 heterocycles. The number of hydrogen-bond donors (Lipinski definition) is 2. The van der Waals surface area contributed by atoms with Crippen LogP contribution < -0.4 is 5.32 Å². The Hall–Kier alpha value is -3.21. The lowest BCUT2D eigenvalue weighted by Crippen LogP contribution is -2.18. The number of anilines is 1. The highest BCUT2D eigenvalue weighted by Gasteiger charge is 2.19. The Labute approximate surface area is 147 Å². The molecule has 3 aromatic rings. The Bertz CT molecular complexity index is 946. The number of hydrogen-bond acceptors (Lipinski definition) is 6. The van der Waals surface area contributed by atoms with Gasteiger partial charge in [-0.2, -0.15) is 0 Å². The number of aromatic nitrogens is 5. The van der Waals surface area contributed by atoms with Gasteiger partial charge in [-0.3, -0.25) is 9.36 Å². The van der Waals surface area contributed by atoms with E-state index >= 15 is 0 Å². The van der Waals surface area contributed by atoms with E-state index in [1.54, 1.807) is 17.0 Å². The second-order valence-electron chi connectivity index (χ2n) is 4.66. The van der Waals surface area contributed by atoms with Crippen LogP contribution in [-0.2, 0) is 0 Å². The maximum Gasteiger partial charge on any atom is 0.356 e. The summed E-state index contributed by atoms with van der Waals surface area (Å²) in [6.45, 7) is 0. The van der Waals surface area contributed by atoms with Crippen LogP contribution in [0.4, 0.5) is 10.1 Å². The molecule has 0 atom stereocenters. The first kappa shape index (κ1) is 16.6. The highest BCUT2D eigenvalue weighted by molar-refractivity contribution is 9.10. The average molecular weight is 407 g/mol. The van der Waals surface area contributed by atoms with Crippen LogP contribution in [0.2, 0.25) is 0 Å². The molecule has 0 aliphatic rings. The third-order valence-corrected chi connectivity index (χ3v) is 3.59. The molecule has 0 radical (unpaired) electrons. The topological polar surface area (TPSA) is 123 Å². The molecule has 3 aromatic heterocycles. The van der Waals surface area contributed by atoms with Crippen LogP contribution in [0.5, 0.6) is 0 Å². The van der Waals surface area contributed by atoms with Crippen molar-refractivity contribution in [3.63, 3.8) is 0 Å². The average Bonchev–Trinajstić information content (AvgIpc) is 3.12. The molecule has 0 bridgehead atoms. The van der Waals surface area contributed by atoms with Crippen molar-refractivity contribution in [2.24, 2.45) is 0 Å². The van der Waals surface area contributed by atoms with Gasteiger partial charge in [0, 0.05) is 18.5 Å². The van der Waals surface area contributed by atoms with E-state index in [2.05, 4.69) is 41.4 Å². The minimum Gasteiger partial charge on any atom is -0.476 e. The normalized spacial score (nSPS) is 10.5. The zero-order valence-electron chi connectivity index (χ0n) is 12.2. The Kier molecular flexibility index (Phi) is 4.48. The van der Waals surface area contributed by atoms with Gasteiger partial charge in [0.1, 0.15) is 10.9 Å². The summed E-state index contributed by atoms with van der Waals surface area (Å²) < 4.78 is 14.9. The molecule has 0 aliphatic heterocycles. The summed E-state index contributed by atoms with van der Waals surface area (Å²) in [7, 11) is 0. The Morgan fingerprint density at radius 3 is 2.68 bits per heavy atom. The second kappa shape index (κ2) is 6.73. The molecule has 126 valence electrons. The summed E-state index contributed by atoms with van der Waals surface area (Å²) in [5.41, 5.74) is -0.883. The molecule has 0 spiro atoms. The van der Waals surface area contributed by atoms with Crippen molar-refractivity contribution in [3.8, 4) is 5.82 Å². The summed E-state index contributed by atoms with van der Waals surface area (Å²) in [4.78, 5) is 30.8. The van der Waals surface area contributed by atoms with E-state index in [1.165, 1.54) is 18.5 Å². The van der Waals surface area contributed by atoms with Gasteiger partial charge >= 0.3 is 5.97 Å². The second-order valence-corrected chi connectivity index (χ2v) is 5.41. The van der Waals surface area contributed by atoms with Crippen LogP contribution >= 0.6 is 15.9 Å². The van der Waals surface area contributed by atoms with Gasteiger partial charge in [0.25, 0.3) is 5.91 Å². The Morgan fingerprint density at radius 1 is 1.28 bits per heavy atom. The van der Waals surface area contributed by atoms with Gasteiger partial charge in [-0.05, 0) is 28.1 Å². The minimum absolute atomic E-state index is 0.0801. The number of pyridine rings is 1. The van der Waals surface area contributed by atoms with E-state index < -0.39 is 23.4 Å². The van der Waals surface area contributed by atoms with Crippen molar-refractivity contribution in [1.82, 2.24) is 24.7 Å². The lowest BCUT2D eigenvalue weighted by Gasteiger charge is -2.08. The molecule has 0 fully saturated rings. The summed E-state index contributed by atoms with van der Waals surface area (Å²) in [6.07, 6.45) is 4.73. The number of rotatable bonds is 4. The van der Waals surface area contributed by atoms with E-state index in [-0.39, 0.29) is 16.0 Å². The number of aromatic carboxylic acids is 1. The molecule has 0 aromatic carbocycles. The molecular weight excluding hydrogens is 399 g/mol. The summed E-state index contributed by atoms with van der Waals surface area (Å²) in [5.74, 6) is -2.55. The van der Waals surface area contributed by atoms with Gasteiger partial charge in [-0.1, -0.05) is 0 Å². The van der Waals surface area contributed by atoms with Crippen LogP contribution in [0.1, 0.15) is 21.0 Å². The molecule has 0 aliphatic carbocycles. The third-order valence-electron chi connectivity index (χ3n) is 3.04. The van der Waals surface area contributed by atoms with Crippen LogP contribution in [0.25, 0.3) is 5.82 Å². The number of nitrogens with one attached hydrogen (secondary N) is 1. The van der Waals surface area contributed by atoms with Crippen LogP contribution in [-0.4, -0.2) is 41.7 Å². The molecule has 1 amide bonds. The number of halogens is 2. The smallest absolute Gasteiger partial charge is 0.356 e. The maximum absolute atomic E-state index is 13.6. The molecular formula is C14H8BrFN6O3. The molecule has 11 heteroatoms. The number of carboxylic acids is 1. The van der Waals surface area contributed by atoms with Crippen LogP contribution in [0.15, 0.2) is 41.5 Å². The monoisotopic (exact) mass is 406 g/mol. The fourth-order valence-electron chi connectivity index (χ4n) is 1.89. The van der Waals surface area contributed by atoms with E-state index in [4.69, 9.17) is 5.11 Å². The van der Waals surface area contributed by atoms with Crippen molar-refractivity contribution in [1.29, 1.82) is 0 Å². The summed E-state index contributed by atoms with van der Waals surface area (Å²) in [6, 6.07) is 3.77. The maximum atomic E-state index is 13.6. The molecule has 0 saturated heterocycles. The van der Waals surface area contributed by atoms with E-state index in [0.29, 0.717) is 5.82 Å². The fraction of sp³-hybridized carbons (Fsp3) is 0. The number of imidazole rings is 1. The van der Waals surface area contributed by atoms with E-state index in [0.717, 1.165) is 6.07 Å². The van der Waals surface area contributed by atoms with Crippen molar-refractivity contribution < 1.29 is 19.1 Å². The SMILES string of the molecule is O=C(Nc1cc(F)c(Br)nc1C(=O)O)c1ccc(-n2ccnc2)nn1. The van der Waals surface area contributed by atoms with Gasteiger partial charge in [0.2, 0.25) is 0 Å². The van der Waals surface area contributed by atoms with E-state index in [1.807, 2.05) is 0 Å². The van der Waals surface area contributed by atoms with Crippen molar-refractivity contribution >= 4 is 33.5 Å². The van der Waals surface area contributed by atoms with Gasteiger partial charge in [-0.25, -0.2) is 19.2 Å². The Morgan fingerprint density at radius 2 is 2.08 bits per heavy atom. The van der Waals surface area contributed by atoms with Crippen LogP contribution in [0, 0.1) is 5.82 Å². The fourth-order valence-corrected chi connectivity index (χ4v) is 2.18. The number of carboxylic acid groups (broad SMARTS) is 1.